The molecule has 0 spiro atoms. The molecule has 6 heteroatoms. The van der Waals surface area contributed by atoms with Crippen molar-refractivity contribution in [3.05, 3.63) is 0 Å². The lowest BCUT2D eigenvalue weighted by atomic mass is 9.80. The first-order valence-electron chi connectivity index (χ1n) is 7.45. The monoisotopic (exact) mass is 303 g/mol. The SMILES string of the molecule is CCOCCCC(CC)(CNC(=O)OC(C)(C)C)C(=O)O. The van der Waals surface area contributed by atoms with E-state index in [1.807, 2.05) is 13.8 Å². The number of carboxylic acid groups (broad SMARTS) is 1. The lowest BCUT2D eigenvalue weighted by Crippen LogP contribution is -2.44. The minimum absolute atomic E-state index is 0.0554. The van der Waals surface area contributed by atoms with Crippen LogP contribution in [0.2, 0.25) is 0 Å². The van der Waals surface area contributed by atoms with Gasteiger partial charge in [0.25, 0.3) is 0 Å². The molecule has 0 radical (unpaired) electrons. The van der Waals surface area contributed by atoms with Crippen molar-refractivity contribution < 1.29 is 24.2 Å². The van der Waals surface area contributed by atoms with Gasteiger partial charge in [-0.2, -0.15) is 0 Å². The van der Waals surface area contributed by atoms with E-state index < -0.39 is 23.1 Å². The van der Waals surface area contributed by atoms with Crippen LogP contribution in [-0.2, 0) is 14.3 Å². The molecule has 0 aliphatic heterocycles. The molecule has 0 aromatic rings. The molecule has 1 atom stereocenters. The second kappa shape index (κ2) is 8.87. The Balaban J connectivity index is 4.54. The largest absolute Gasteiger partial charge is 0.481 e. The second-order valence-corrected chi connectivity index (χ2v) is 6.09. The van der Waals surface area contributed by atoms with Gasteiger partial charge in [-0.25, -0.2) is 4.79 Å². The number of carbonyl (C=O) groups excluding carboxylic acids is 1. The smallest absolute Gasteiger partial charge is 0.407 e. The molecule has 21 heavy (non-hydrogen) atoms. The first-order valence-corrected chi connectivity index (χ1v) is 7.45. The van der Waals surface area contributed by atoms with Gasteiger partial charge in [0, 0.05) is 19.8 Å². The lowest BCUT2D eigenvalue weighted by Gasteiger charge is -2.29. The molecule has 0 aliphatic rings. The van der Waals surface area contributed by atoms with E-state index in [4.69, 9.17) is 9.47 Å². The summed E-state index contributed by atoms with van der Waals surface area (Å²) in [5, 5.41) is 12.1. The number of alkyl carbamates (subject to hydrolysis) is 1. The van der Waals surface area contributed by atoms with Crippen LogP contribution in [0.4, 0.5) is 4.79 Å². The number of hydrogen-bond acceptors (Lipinski definition) is 4. The van der Waals surface area contributed by atoms with E-state index in [0.29, 0.717) is 32.5 Å². The highest BCUT2D eigenvalue weighted by molar-refractivity contribution is 5.76. The number of nitrogens with one attached hydrogen (secondary N) is 1. The number of hydrogen-bond donors (Lipinski definition) is 2. The summed E-state index contributed by atoms with van der Waals surface area (Å²) in [4.78, 5) is 23.3. The number of aliphatic carboxylic acids is 1. The summed E-state index contributed by atoms with van der Waals surface area (Å²) in [5.41, 5.74) is -1.58. The first-order chi connectivity index (χ1) is 9.67. The maximum Gasteiger partial charge on any atom is 0.407 e. The molecule has 6 nitrogen and oxygen atoms in total. The summed E-state index contributed by atoms with van der Waals surface area (Å²) in [6.45, 7) is 10.2. The van der Waals surface area contributed by atoms with Crippen LogP contribution in [0.15, 0.2) is 0 Å². The van der Waals surface area contributed by atoms with Crippen molar-refractivity contribution >= 4 is 12.1 Å². The van der Waals surface area contributed by atoms with Gasteiger partial charge in [0.15, 0.2) is 0 Å². The minimum atomic E-state index is -0.978. The molecule has 0 heterocycles. The zero-order valence-electron chi connectivity index (χ0n) is 13.8. The number of amides is 1. The molecule has 0 saturated carbocycles. The molecular weight excluding hydrogens is 274 g/mol. The van der Waals surface area contributed by atoms with Crippen LogP contribution in [0, 0.1) is 5.41 Å². The van der Waals surface area contributed by atoms with E-state index >= 15 is 0 Å². The molecule has 0 rings (SSSR count). The average Bonchev–Trinajstić information content (AvgIpc) is 2.36. The zero-order chi connectivity index (χ0) is 16.5. The van der Waals surface area contributed by atoms with E-state index in [-0.39, 0.29) is 6.54 Å². The summed E-state index contributed by atoms with van der Waals surface area (Å²) >= 11 is 0. The molecule has 124 valence electrons. The average molecular weight is 303 g/mol. The van der Waals surface area contributed by atoms with E-state index in [1.54, 1.807) is 20.8 Å². The lowest BCUT2D eigenvalue weighted by molar-refractivity contribution is -0.149. The van der Waals surface area contributed by atoms with Gasteiger partial charge in [-0.15, -0.1) is 0 Å². The van der Waals surface area contributed by atoms with Crippen molar-refractivity contribution in [3.63, 3.8) is 0 Å². The Hall–Kier alpha value is -1.30. The molecule has 1 amide bonds. The molecule has 2 N–H and O–H groups in total. The summed E-state index contributed by atoms with van der Waals surface area (Å²) in [7, 11) is 0. The molecule has 0 saturated heterocycles. The highest BCUT2D eigenvalue weighted by Crippen LogP contribution is 2.28. The van der Waals surface area contributed by atoms with Crippen LogP contribution in [0.1, 0.15) is 53.9 Å². The van der Waals surface area contributed by atoms with Gasteiger partial charge in [0.1, 0.15) is 5.60 Å². The van der Waals surface area contributed by atoms with Crippen LogP contribution >= 0.6 is 0 Å². The van der Waals surface area contributed by atoms with Gasteiger partial charge in [0.2, 0.25) is 0 Å². The van der Waals surface area contributed by atoms with E-state index in [2.05, 4.69) is 5.32 Å². The maximum absolute atomic E-state index is 11.7. The molecule has 0 aromatic carbocycles. The molecule has 0 aromatic heterocycles. The third kappa shape index (κ3) is 7.90. The first kappa shape index (κ1) is 19.7. The molecule has 1 unspecified atom stereocenters. The van der Waals surface area contributed by atoms with Crippen molar-refractivity contribution in [2.75, 3.05) is 19.8 Å². The number of carbonyl (C=O) groups is 2. The topological polar surface area (TPSA) is 84.9 Å². The van der Waals surface area contributed by atoms with Gasteiger partial charge < -0.3 is 19.9 Å². The van der Waals surface area contributed by atoms with E-state index in [1.165, 1.54) is 0 Å². The Labute approximate surface area is 127 Å². The van der Waals surface area contributed by atoms with Crippen LogP contribution in [0.3, 0.4) is 0 Å². The number of carboxylic acids is 1. The van der Waals surface area contributed by atoms with Gasteiger partial charge in [-0.1, -0.05) is 6.92 Å². The predicted octanol–water partition coefficient (Wildman–Crippen LogP) is 2.81. The van der Waals surface area contributed by atoms with Crippen molar-refractivity contribution in [3.8, 4) is 0 Å². The third-order valence-corrected chi connectivity index (χ3v) is 3.25. The quantitative estimate of drug-likeness (QED) is 0.640. The fourth-order valence-corrected chi connectivity index (χ4v) is 1.94. The maximum atomic E-state index is 11.7. The molecule has 0 fully saturated rings. The Morgan fingerprint density at radius 2 is 1.81 bits per heavy atom. The van der Waals surface area contributed by atoms with E-state index in [0.717, 1.165) is 0 Å². The standard InChI is InChI=1S/C15H29NO5/c1-6-15(12(17)18,9-8-10-20-7-2)11-16-13(19)21-14(3,4)5/h6-11H2,1-5H3,(H,16,19)(H,17,18). The van der Waals surface area contributed by atoms with Crippen molar-refractivity contribution in [1.29, 1.82) is 0 Å². The molecule has 0 aliphatic carbocycles. The Morgan fingerprint density at radius 3 is 2.24 bits per heavy atom. The van der Waals surface area contributed by atoms with Gasteiger partial charge in [0.05, 0.1) is 5.41 Å². The Morgan fingerprint density at radius 1 is 1.19 bits per heavy atom. The normalized spacial score (nSPS) is 14.3. The number of ether oxygens (including phenoxy) is 2. The van der Waals surface area contributed by atoms with Crippen LogP contribution in [0.25, 0.3) is 0 Å². The fourth-order valence-electron chi connectivity index (χ4n) is 1.94. The van der Waals surface area contributed by atoms with Crippen LogP contribution in [0.5, 0.6) is 0 Å². The van der Waals surface area contributed by atoms with Gasteiger partial charge in [-0.05, 0) is 47.0 Å². The summed E-state index contributed by atoms with van der Waals surface area (Å²) in [6, 6.07) is 0. The van der Waals surface area contributed by atoms with Crippen LogP contribution in [-0.4, -0.2) is 42.5 Å². The van der Waals surface area contributed by atoms with Crippen molar-refractivity contribution in [2.24, 2.45) is 5.41 Å². The third-order valence-electron chi connectivity index (χ3n) is 3.25. The van der Waals surface area contributed by atoms with Gasteiger partial charge in [-0.3, -0.25) is 4.79 Å². The number of rotatable bonds is 9. The highest BCUT2D eigenvalue weighted by atomic mass is 16.6. The Bertz CT molecular complexity index is 337. The zero-order valence-corrected chi connectivity index (χ0v) is 13.8. The second-order valence-electron chi connectivity index (χ2n) is 6.09. The fraction of sp³-hybridized carbons (Fsp3) is 0.867. The molecular formula is C15H29NO5. The van der Waals surface area contributed by atoms with Gasteiger partial charge >= 0.3 is 12.1 Å². The van der Waals surface area contributed by atoms with E-state index in [9.17, 15) is 14.7 Å². The highest BCUT2D eigenvalue weighted by Gasteiger charge is 2.37. The summed E-state index contributed by atoms with van der Waals surface area (Å²) in [5.74, 6) is -0.905. The summed E-state index contributed by atoms with van der Waals surface area (Å²) < 4.78 is 10.4. The predicted molar refractivity (Wildman–Crippen MR) is 80.3 cm³/mol. The molecule has 0 bridgehead atoms. The van der Waals surface area contributed by atoms with Crippen LogP contribution < -0.4 is 5.32 Å². The summed E-state index contributed by atoms with van der Waals surface area (Å²) in [6.07, 6.45) is 0.939. The van der Waals surface area contributed by atoms with Crippen molar-refractivity contribution in [2.45, 2.75) is 59.5 Å². The Kier molecular flexibility index (Phi) is 8.32. The van der Waals surface area contributed by atoms with Crippen molar-refractivity contribution in [1.82, 2.24) is 5.32 Å². The minimum Gasteiger partial charge on any atom is -0.481 e.